The fourth-order valence-electron chi connectivity index (χ4n) is 3.52. The Kier molecular flexibility index (Phi) is 5.30. The van der Waals surface area contributed by atoms with Gasteiger partial charge in [0.1, 0.15) is 5.82 Å². The van der Waals surface area contributed by atoms with Gasteiger partial charge in [-0.3, -0.25) is 9.59 Å². The van der Waals surface area contributed by atoms with Crippen molar-refractivity contribution < 1.29 is 28.6 Å². The minimum Gasteiger partial charge on any atom is -0.493 e. The maximum Gasteiger partial charge on any atom is 0.308 e. The molecular weight excluding hydrogens is 353 g/mol. The third-order valence-corrected chi connectivity index (χ3v) is 4.83. The molecule has 0 saturated carbocycles. The number of hydrogen-bond donors (Lipinski definition) is 1. The molecule has 2 aromatic carbocycles. The number of carbonyl (C=O) groups excluding carboxylic acids is 1. The summed E-state index contributed by atoms with van der Waals surface area (Å²) in [7, 11) is 2.91. The Morgan fingerprint density at radius 3 is 2.48 bits per heavy atom. The molecule has 1 aliphatic heterocycles. The number of benzene rings is 2. The molecule has 1 aliphatic rings. The monoisotopic (exact) mass is 373 g/mol. The molecule has 6 nitrogen and oxygen atoms in total. The number of carboxylic acid groups (broad SMARTS) is 1. The lowest BCUT2D eigenvalue weighted by atomic mass is 9.89. The average molecular weight is 373 g/mol. The second kappa shape index (κ2) is 7.65. The van der Waals surface area contributed by atoms with Crippen LogP contribution in [-0.4, -0.2) is 49.2 Å². The summed E-state index contributed by atoms with van der Waals surface area (Å²) < 4.78 is 24.1. The molecule has 2 aromatic rings. The average Bonchev–Trinajstić information content (AvgIpc) is 3.12. The first-order chi connectivity index (χ1) is 13.0. The van der Waals surface area contributed by atoms with Gasteiger partial charge in [-0.1, -0.05) is 18.2 Å². The Labute approximate surface area is 156 Å². The van der Waals surface area contributed by atoms with Gasteiger partial charge in [0.15, 0.2) is 11.5 Å². The van der Waals surface area contributed by atoms with Crippen LogP contribution in [0.3, 0.4) is 0 Å². The second-order valence-electron chi connectivity index (χ2n) is 6.36. The first-order valence-electron chi connectivity index (χ1n) is 8.44. The maximum absolute atomic E-state index is 13.6. The molecule has 1 saturated heterocycles. The number of amides is 1. The van der Waals surface area contributed by atoms with Crippen molar-refractivity contribution >= 4 is 11.9 Å². The third-order valence-electron chi connectivity index (χ3n) is 4.83. The molecule has 0 bridgehead atoms. The largest absolute Gasteiger partial charge is 0.493 e. The van der Waals surface area contributed by atoms with Gasteiger partial charge in [0.05, 0.1) is 25.7 Å². The van der Waals surface area contributed by atoms with Gasteiger partial charge in [0, 0.05) is 19.0 Å². The Morgan fingerprint density at radius 1 is 1.11 bits per heavy atom. The molecule has 7 heteroatoms. The highest BCUT2D eigenvalue weighted by atomic mass is 19.1. The lowest BCUT2D eigenvalue weighted by Gasteiger charge is -2.19. The number of hydrogen-bond acceptors (Lipinski definition) is 4. The number of aliphatic carboxylic acids is 1. The second-order valence-corrected chi connectivity index (χ2v) is 6.36. The van der Waals surface area contributed by atoms with E-state index >= 15 is 0 Å². The molecule has 27 heavy (non-hydrogen) atoms. The fraction of sp³-hybridized carbons (Fsp3) is 0.300. The zero-order chi connectivity index (χ0) is 19.6. The molecule has 3 rings (SSSR count). The summed E-state index contributed by atoms with van der Waals surface area (Å²) in [6.07, 6.45) is 0. The van der Waals surface area contributed by atoms with E-state index in [1.807, 2.05) is 0 Å². The molecule has 0 radical (unpaired) electrons. The molecule has 1 amide bonds. The van der Waals surface area contributed by atoms with E-state index in [1.165, 1.54) is 31.3 Å². The first-order valence-corrected chi connectivity index (χ1v) is 8.44. The van der Waals surface area contributed by atoms with Crippen LogP contribution in [0.1, 0.15) is 21.8 Å². The van der Waals surface area contributed by atoms with Crippen molar-refractivity contribution in [3.63, 3.8) is 0 Å². The predicted octanol–water partition coefficient (Wildman–Crippen LogP) is 2.78. The van der Waals surface area contributed by atoms with E-state index in [2.05, 4.69) is 0 Å². The van der Waals surface area contributed by atoms with Crippen molar-refractivity contribution in [1.82, 2.24) is 4.90 Å². The number of carboxylic acids is 1. The highest BCUT2D eigenvalue weighted by Crippen LogP contribution is 2.37. The molecule has 1 N–H and O–H groups in total. The van der Waals surface area contributed by atoms with Gasteiger partial charge in [-0.15, -0.1) is 0 Å². The number of carbonyl (C=O) groups is 2. The summed E-state index contributed by atoms with van der Waals surface area (Å²) in [5.41, 5.74) is 0.858. The molecule has 0 aliphatic carbocycles. The first kappa shape index (κ1) is 18.7. The predicted molar refractivity (Wildman–Crippen MR) is 95.7 cm³/mol. The van der Waals surface area contributed by atoms with Gasteiger partial charge >= 0.3 is 5.97 Å². The zero-order valence-electron chi connectivity index (χ0n) is 15.0. The fourth-order valence-corrected chi connectivity index (χ4v) is 3.52. The lowest BCUT2D eigenvalue weighted by molar-refractivity contribution is -0.141. The van der Waals surface area contributed by atoms with Crippen molar-refractivity contribution in [2.24, 2.45) is 5.92 Å². The Hall–Kier alpha value is -3.09. The van der Waals surface area contributed by atoms with Crippen LogP contribution in [0.15, 0.2) is 42.5 Å². The minimum absolute atomic E-state index is 0.0374. The van der Waals surface area contributed by atoms with Gasteiger partial charge in [-0.05, 0) is 29.8 Å². The Bertz CT molecular complexity index is 869. The third kappa shape index (κ3) is 3.58. The molecule has 0 unspecified atom stereocenters. The molecule has 142 valence electrons. The SMILES string of the molecule is COc1cccc(C(=O)N2C[C@@H](C(=O)O)[C@H](c3cccc(F)c3)C2)c1OC. The number of ether oxygens (including phenoxy) is 2. The summed E-state index contributed by atoms with van der Waals surface area (Å²) in [5.74, 6) is -2.39. The molecule has 1 fully saturated rings. The van der Waals surface area contributed by atoms with Crippen LogP contribution in [0, 0.1) is 11.7 Å². The number of methoxy groups -OCH3 is 2. The van der Waals surface area contributed by atoms with Crippen LogP contribution < -0.4 is 9.47 Å². The standard InChI is InChI=1S/C20H20FNO5/c1-26-17-8-4-7-14(18(17)27-2)19(23)22-10-15(16(11-22)20(24)25)12-5-3-6-13(21)9-12/h3-9,15-16H,10-11H2,1-2H3,(H,24,25)/t15-,16+/m0/s1. The summed E-state index contributed by atoms with van der Waals surface area (Å²) in [5, 5.41) is 9.59. The van der Waals surface area contributed by atoms with Crippen molar-refractivity contribution in [3.05, 3.63) is 59.4 Å². The van der Waals surface area contributed by atoms with E-state index in [1.54, 1.807) is 30.3 Å². The van der Waals surface area contributed by atoms with E-state index in [0.29, 0.717) is 22.6 Å². The number of nitrogens with zero attached hydrogens (tertiary/aromatic N) is 1. The van der Waals surface area contributed by atoms with Crippen LogP contribution >= 0.6 is 0 Å². The normalized spacial score (nSPS) is 19.0. The van der Waals surface area contributed by atoms with Crippen LogP contribution in [0.25, 0.3) is 0 Å². The van der Waals surface area contributed by atoms with Gasteiger partial charge in [0.25, 0.3) is 5.91 Å². The van der Waals surface area contributed by atoms with Crippen LogP contribution in [0.4, 0.5) is 4.39 Å². The van der Waals surface area contributed by atoms with Crippen molar-refractivity contribution in [1.29, 1.82) is 0 Å². The highest BCUT2D eigenvalue weighted by Gasteiger charge is 2.41. The molecule has 0 spiro atoms. The lowest BCUT2D eigenvalue weighted by Crippen LogP contribution is -2.30. The summed E-state index contributed by atoms with van der Waals surface area (Å²) in [6.45, 7) is 0.218. The molecule has 0 aromatic heterocycles. The Balaban J connectivity index is 1.92. The van der Waals surface area contributed by atoms with Crippen LogP contribution in [0.2, 0.25) is 0 Å². The van der Waals surface area contributed by atoms with Crippen molar-refractivity contribution in [2.45, 2.75) is 5.92 Å². The maximum atomic E-state index is 13.6. The number of likely N-dealkylation sites (tertiary alicyclic amines) is 1. The summed E-state index contributed by atoms with van der Waals surface area (Å²) in [4.78, 5) is 26.2. The van der Waals surface area contributed by atoms with E-state index in [9.17, 15) is 19.1 Å². The minimum atomic E-state index is -1.02. The zero-order valence-corrected chi connectivity index (χ0v) is 15.0. The van der Waals surface area contributed by atoms with Crippen LogP contribution in [-0.2, 0) is 4.79 Å². The molecule has 1 heterocycles. The molecule has 2 atom stereocenters. The summed E-state index contributed by atoms with van der Waals surface area (Å²) in [6, 6.07) is 10.8. The molecular formula is C20H20FNO5. The highest BCUT2D eigenvalue weighted by molar-refractivity contribution is 5.98. The topological polar surface area (TPSA) is 76.1 Å². The van der Waals surface area contributed by atoms with Crippen LogP contribution in [0.5, 0.6) is 11.5 Å². The van der Waals surface area contributed by atoms with Crippen molar-refractivity contribution in [3.8, 4) is 11.5 Å². The number of para-hydroxylation sites is 1. The van der Waals surface area contributed by atoms with Crippen molar-refractivity contribution in [2.75, 3.05) is 27.3 Å². The van der Waals surface area contributed by atoms with Gasteiger partial charge in [0.2, 0.25) is 0 Å². The van der Waals surface area contributed by atoms with E-state index < -0.39 is 23.6 Å². The quantitative estimate of drug-likeness (QED) is 0.872. The van der Waals surface area contributed by atoms with E-state index in [-0.39, 0.29) is 19.0 Å². The number of halogens is 1. The Morgan fingerprint density at radius 2 is 1.85 bits per heavy atom. The van der Waals surface area contributed by atoms with Gasteiger partial charge < -0.3 is 19.5 Å². The summed E-state index contributed by atoms with van der Waals surface area (Å²) >= 11 is 0. The van der Waals surface area contributed by atoms with Gasteiger partial charge in [-0.25, -0.2) is 4.39 Å². The van der Waals surface area contributed by atoms with E-state index in [0.717, 1.165) is 0 Å². The smallest absolute Gasteiger partial charge is 0.308 e. The number of rotatable bonds is 5. The van der Waals surface area contributed by atoms with Gasteiger partial charge in [-0.2, -0.15) is 0 Å². The van der Waals surface area contributed by atoms with E-state index in [4.69, 9.17) is 9.47 Å².